The fraction of sp³-hybridized carbons (Fsp3) is 0.185. The Morgan fingerprint density at radius 2 is 1.88 bits per heavy atom. The van der Waals surface area contributed by atoms with E-state index in [0.29, 0.717) is 18.8 Å². The lowest BCUT2D eigenvalue weighted by Gasteiger charge is -2.22. The fourth-order valence-corrected chi connectivity index (χ4v) is 3.82. The number of amides is 1. The van der Waals surface area contributed by atoms with Crippen LogP contribution in [0.1, 0.15) is 33.6 Å². The first-order valence-electron chi connectivity index (χ1n) is 10.8. The van der Waals surface area contributed by atoms with Gasteiger partial charge in [0.25, 0.3) is 5.91 Å². The molecule has 0 spiro atoms. The Morgan fingerprint density at radius 3 is 2.58 bits per heavy atom. The van der Waals surface area contributed by atoms with Gasteiger partial charge in [-0.05, 0) is 43.2 Å². The van der Waals surface area contributed by atoms with E-state index in [2.05, 4.69) is 17.1 Å². The van der Waals surface area contributed by atoms with E-state index in [1.54, 1.807) is 22.0 Å². The van der Waals surface area contributed by atoms with Crippen LogP contribution < -0.4 is 0 Å². The molecule has 4 rings (SSSR count). The Balaban J connectivity index is 1.80. The zero-order chi connectivity index (χ0) is 23.2. The number of aromatic nitrogens is 3. The van der Waals surface area contributed by atoms with Crippen molar-refractivity contribution in [2.24, 2.45) is 0 Å². The summed E-state index contributed by atoms with van der Waals surface area (Å²) in [5.74, 6) is -0.177. The molecule has 0 bridgehead atoms. The van der Waals surface area contributed by atoms with Crippen LogP contribution in [0.4, 0.5) is 0 Å². The van der Waals surface area contributed by atoms with Crippen molar-refractivity contribution >= 4 is 5.91 Å². The summed E-state index contributed by atoms with van der Waals surface area (Å²) in [7, 11) is 0. The Labute approximate surface area is 193 Å². The third kappa shape index (κ3) is 4.99. The number of hydrogen-bond acceptors (Lipinski definition) is 4. The number of carbonyl (C=O) groups excluding carboxylic acids is 1. The molecule has 0 aliphatic rings. The number of benzene rings is 2. The van der Waals surface area contributed by atoms with Crippen molar-refractivity contribution in [3.8, 4) is 23.0 Å². The molecular weight excluding hydrogens is 410 g/mol. The van der Waals surface area contributed by atoms with Gasteiger partial charge in [0.1, 0.15) is 5.69 Å². The van der Waals surface area contributed by atoms with Gasteiger partial charge in [0.2, 0.25) is 0 Å². The van der Waals surface area contributed by atoms with Gasteiger partial charge in [-0.1, -0.05) is 54.1 Å². The quantitative estimate of drug-likeness (QED) is 0.404. The maximum absolute atomic E-state index is 13.8. The number of nitriles is 1. The standard InChI is InChI=1S/C27H25N5O/c1-20-11-12-25(21(2)16-20)32-26(17-24(30-32)23-9-4-3-5-10-23)27(33)31(15-7-13-28)19-22-8-6-14-29-18-22/h3-6,8-12,14,16-18H,7,15,19H2,1-2H3. The second-order valence-electron chi connectivity index (χ2n) is 7.98. The molecule has 2 heterocycles. The lowest BCUT2D eigenvalue weighted by atomic mass is 10.1. The fourth-order valence-electron chi connectivity index (χ4n) is 3.82. The van der Waals surface area contributed by atoms with Crippen molar-refractivity contribution in [2.45, 2.75) is 26.8 Å². The minimum Gasteiger partial charge on any atom is -0.332 e. The average molecular weight is 436 g/mol. The van der Waals surface area contributed by atoms with Gasteiger partial charge in [0.05, 0.1) is 23.9 Å². The van der Waals surface area contributed by atoms with E-state index in [4.69, 9.17) is 10.4 Å². The van der Waals surface area contributed by atoms with Gasteiger partial charge < -0.3 is 4.90 Å². The van der Waals surface area contributed by atoms with Crippen LogP contribution in [0.25, 0.3) is 16.9 Å². The number of rotatable bonds is 7. The minimum atomic E-state index is -0.177. The van der Waals surface area contributed by atoms with Crippen molar-refractivity contribution in [3.05, 3.63) is 102 Å². The highest BCUT2D eigenvalue weighted by atomic mass is 16.2. The largest absolute Gasteiger partial charge is 0.332 e. The van der Waals surface area contributed by atoms with E-state index in [-0.39, 0.29) is 12.3 Å². The average Bonchev–Trinajstić information content (AvgIpc) is 3.27. The van der Waals surface area contributed by atoms with Crippen LogP contribution in [0.5, 0.6) is 0 Å². The van der Waals surface area contributed by atoms with Crippen LogP contribution in [-0.4, -0.2) is 32.1 Å². The predicted molar refractivity (Wildman–Crippen MR) is 128 cm³/mol. The molecule has 0 unspecified atom stereocenters. The van der Waals surface area contributed by atoms with Crippen LogP contribution in [0, 0.1) is 25.2 Å². The normalized spacial score (nSPS) is 10.6. The third-order valence-corrected chi connectivity index (χ3v) is 5.46. The molecule has 164 valence electrons. The van der Waals surface area contributed by atoms with Crippen molar-refractivity contribution < 1.29 is 4.79 Å². The van der Waals surface area contributed by atoms with Crippen LogP contribution >= 0.6 is 0 Å². The molecule has 1 amide bonds. The van der Waals surface area contributed by atoms with Crippen LogP contribution in [-0.2, 0) is 6.54 Å². The Bertz CT molecular complexity index is 1290. The van der Waals surface area contributed by atoms with E-state index in [9.17, 15) is 4.79 Å². The number of carbonyl (C=O) groups is 1. The summed E-state index contributed by atoms with van der Waals surface area (Å²) < 4.78 is 1.72. The molecule has 0 aliphatic heterocycles. The summed E-state index contributed by atoms with van der Waals surface area (Å²) in [6.45, 7) is 4.75. The van der Waals surface area contributed by atoms with Gasteiger partial charge in [-0.2, -0.15) is 10.4 Å². The highest BCUT2D eigenvalue weighted by Crippen LogP contribution is 2.25. The minimum absolute atomic E-state index is 0.177. The second-order valence-corrected chi connectivity index (χ2v) is 7.98. The first-order chi connectivity index (χ1) is 16.1. The molecular formula is C27H25N5O. The molecule has 2 aromatic carbocycles. The summed E-state index contributed by atoms with van der Waals surface area (Å²) >= 11 is 0. The van der Waals surface area contributed by atoms with Gasteiger partial charge in [-0.25, -0.2) is 4.68 Å². The van der Waals surface area contributed by atoms with E-state index in [1.165, 1.54) is 0 Å². The summed E-state index contributed by atoms with van der Waals surface area (Å²) in [5.41, 5.74) is 6.06. The van der Waals surface area contributed by atoms with E-state index in [1.807, 2.05) is 74.5 Å². The lowest BCUT2D eigenvalue weighted by Crippen LogP contribution is -2.33. The molecule has 0 N–H and O–H groups in total. The molecule has 6 heteroatoms. The zero-order valence-corrected chi connectivity index (χ0v) is 18.8. The van der Waals surface area contributed by atoms with Crippen LogP contribution in [0.2, 0.25) is 0 Å². The van der Waals surface area contributed by atoms with Crippen molar-refractivity contribution in [2.75, 3.05) is 6.54 Å². The summed E-state index contributed by atoms with van der Waals surface area (Å²) in [5, 5.41) is 14.0. The topological polar surface area (TPSA) is 74.8 Å². The SMILES string of the molecule is Cc1ccc(-n2nc(-c3ccccc3)cc2C(=O)N(CCC#N)Cc2cccnc2)c(C)c1. The summed E-state index contributed by atoms with van der Waals surface area (Å²) in [6.07, 6.45) is 3.69. The Kier molecular flexibility index (Phi) is 6.61. The number of hydrogen-bond donors (Lipinski definition) is 0. The van der Waals surface area contributed by atoms with Gasteiger partial charge in [0, 0.05) is 31.0 Å². The summed E-state index contributed by atoms with van der Waals surface area (Å²) in [4.78, 5) is 19.7. The molecule has 0 atom stereocenters. The number of aryl methyl sites for hydroxylation is 2. The first-order valence-corrected chi connectivity index (χ1v) is 10.8. The van der Waals surface area contributed by atoms with Crippen molar-refractivity contribution in [1.29, 1.82) is 5.26 Å². The van der Waals surface area contributed by atoms with Crippen molar-refractivity contribution in [1.82, 2.24) is 19.7 Å². The molecule has 33 heavy (non-hydrogen) atoms. The molecule has 4 aromatic rings. The first kappa shape index (κ1) is 22.0. The molecule has 0 radical (unpaired) electrons. The van der Waals surface area contributed by atoms with E-state index < -0.39 is 0 Å². The molecule has 0 saturated heterocycles. The van der Waals surface area contributed by atoms with Crippen LogP contribution in [0.15, 0.2) is 79.1 Å². The van der Waals surface area contributed by atoms with Gasteiger partial charge in [0.15, 0.2) is 0 Å². The highest BCUT2D eigenvalue weighted by molar-refractivity contribution is 5.94. The molecule has 2 aromatic heterocycles. The van der Waals surface area contributed by atoms with Gasteiger partial charge >= 0.3 is 0 Å². The number of pyridine rings is 1. The van der Waals surface area contributed by atoms with Crippen molar-refractivity contribution in [3.63, 3.8) is 0 Å². The zero-order valence-electron chi connectivity index (χ0n) is 18.8. The highest BCUT2D eigenvalue weighted by Gasteiger charge is 2.24. The smallest absolute Gasteiger partial charge is 0.272 e. The second kappa shape index (κ2) is 9.92. The Hall–Kier alpha value is -4.24. The molecule has 0 saturated carbocycles. The molecule has 6 nitrogen and oxygen atoms in total. The Morgan fingerprint density at radius 1 is 1.06 bits per heavy atom. The maximum atomic E-state index is 13.8. The maximum Gasteiger partial charge on any atom is 0.272 e. The van der Waals surface area contributed by atoms with E-state index in [0.717, 1.165) is 33.6 Å². The summed E-state index contributed by atoms with van der Waals surface area (Å²) in [6, 6.07) is 23.7. The van der Waals surface area contributed by atoms with Gasteiger partial charge in [-0.15, -0.1) is 0 Å². The van der Waals surface area contributed by atoms with Gasteiger partial charge in [-0.3, -0.25) is 9.78 Å². The third-order valence-electron chi connectivity index (χ3n) is 5.46. The number of nitrogens with zero attached hydrogens (tertiary/aromatic N) is 5. The van der Waals surface area contributed by atoms with E-state index >= 15 is 0 Å². The monoisotopic (exact) mass is 435 g/mol. The molecule has 0 aliphatic carbocycles. The predicted octanol–water partition coefficient (Wildman–Crippen LogP) is 5.11. The molecule has 0 fully saturated rings. The lowest BCUT2D eigenvalue weighted by molar-refractivity contribution is 0.0737. The van der Waals surface area contributed by atoms with Crippen LogP contribution in [0.3, 0.4) is 0 Å².